The van der Waals surface area contributed by atoms with Gasteiger partial charge in [-0.3, -0.25) is 9.69 Å². The van der Waals surface area contributed by atoms with E-state index in [0.29, 0.717) is 5.56 Å². The molecule has 1 amide bonds. The van der Waals surface area contributed by atoms with Crippen LogP contribution in [0, 0.1) is 19.8 Å². The van der Waals surface area contributed by atoms with Crippen molar-refractivity contribution in [2.24, 2.45) is 5.92 Å². The van der Waals surface area contributed by atoms with Gasteiger partial charge in [-0.2, -0.15) is 0 Å². The third-order valence-corrected chi connectivity index (χ3v) is 8.03. The molecule has 0 bridgehead atoms. The molecule has 1 fully saturated rings. The average molecular weight is 479 g/mol. The quantitative estimate of drug-likeness (QED) is 0.424. The van der Waals surface area contributed by atoms with Crippen molar-refractivity contribution in [3.05, 3.63) is 75.7 Å². The van der Waals surface area contributed by atoms with E-state index in [1.54, 1.807) is 25.6 Å². The Balaban J connectivity index is 1.81. The van der Waals surface area contributed by atoms with E-state index < -0.39 is 0 Å². The normalized spacial score (nSPS) is 15.7. The van der Waals surface area contributed by atoms with Gasteiger partial charge in [0.2, 0.25) is 0 Å². The number of aryl methyl sites for hydroxylation is 1. The zero-order valence-electron chi connectivity index (χ0n) is 20.7. The van der Waals surface area contributed by atoms with Crippen LogP contribution in [0.5, 0.6) is 11.5 Å². The Morgan fingerprint density at radius 2 is 1.76 bits per heavy atom. The molecule has 0 aliphatic carbocycles. The van der Waals surface area contributed by atoms with Gasteiger partial charge in [0.15, 0.2) is 0 Å². The van der Waals surface area contributed by atoms with Crippen LogP contribution in [-0.4, -0.2) is 38.1 Å². The lowest BCUT2D eigenvalue weighted by Gasteiger charge is -2.38. The minimum Gasteiger partial charge on any atom is -0.497 e. The van der Waals surface area contributed by atoms with Gasteiger partial charge in [-0.15, -0.1) is 11.3 Å². The highest BCUT2D eigenvalue weighted by molar-refractivity contribution is 7.16. The van der Waals surface area contributed by atoms with Crippen molar-refractivity contribution in [1.29, 1.82) is 0 Å². The van der Waals surface area contributed by atoms with Crippen molar-refractivity contribution in [2.45, 2.75) is 39.7 Å². The van der Waals surface area contributed by atoms with Gasteiger partial charge >= 0.3 is 0 Å². The van der Waals surface area contributed by atoms with Crippen molar-refractivity contribution >= 4 is 22.2 Å². The van der Waals surface area contributed by atoms with Gasteiger partial charge in [0.25, 0.3) is 5.91 Å². The number of likely N-dealkylation sites (tertiary alicyclic amines) is 1. The molecule has 0 saturated carbocycles. The Labute approximate surface area is 206 Å². The number of nitrogens with zero attached hydrogens (tertiary/aromatic N) is 1. The number of amides is 1. The first-order chi connectivity index (χ1) is 16.4. The molecule has 6 heteroatoms. The molecule has 5 nitrogen and oxygen atoms in total. The fourth-order valence-corrected chi connectivity index (χ4v) is 5.78. The molecule has 1 aliphatic rings. The third-order valence-electron chi connectivity index (χ3n) is 6.89. The summed E-state index contributed by atoms with van der Waals surface area (Å²) >= 11 is 1.65. The topological polar surface area (TPSA) is 50.8 Å². The molecule has 2 aromatic carbocycles. The van der Waals surface area contributed by atoms with Crippen LogP contribution in [0.4, 0.5) is 5.00 Å². The molecule has 1 aromatic heterocycles. The SMILES string of the molecule is COc1ccc([C@H](c2c(NC(=O)c3ccccc3)sc(C)c2C)N2CCC(C)CC2)c(OC)c1. The minimum atomic E-state index is -0.0872. The largest absolute Gasteiger partial charge is 0.497 e. The van der Waals surface area contributed by atoms with Gasteiger partial charge in [0.1, 0.15) is 16.5 Å². The van der Waals surface area contributed by atoms with Crippen LogP contribution in [0.3, 0.4) is 0 Å². The summed E-state index contributed by atoms with van der Waals surface area (Å²) in [6.45, 7) is 8.62. The van der Waals surface area contributed by atoms with Crippen LogP contribution >= 0.6 is 11.3 Å². The third kappa shape index (κ3) is 4.98. The maximum atomic E-state index is 13.1. The summed E-state index contributed by atoms with van der Waals surface area (Å²) < 4.78 is 11.3. The standard InChI is InChI=1S/C28H34N2O3S/c1-18-13-15-30(16-14-18)26(23-12-11-22(32-4)17-24(23)33-5)25-19(2)20(3)34-28(25)29-27(31)21-9-7-6-8-10-21/h6-12,17-18,26H,13-16H2,1-5H3,(H,29,31)/t26-/m1/s1. The monoisotopic (exact) mass is 478 g/mol. The Morgan fingerprint density at radius 3 is 2.41 bits per heavy atom. The maximum Gasteiger partial charge on any atom is 0.256 e. The number of nitrogens with one attached hydrogen (secondary N) is 1. The molecular weight excluding hydrogens is 444 g/mol. The van der Waals surface area contributed by atoms with E-state index in [1.165, 1.54) is 10.4 Å². The van der Waals surface area contributed by atoms with E-state index in [-0.39, 0.29) is 11.9 Å². The lowest BCUT2D eigenvalue weighted by Crippen LogP contribution is -2.37. The van der Waals surface area contributed by atoms with Gasteiger partial charge < -0.3 is 14.8 Å². The molecule has 180 valence electrons. The first-order valence-corrected chi connectivity index (χ1v) is 12.7. The highest BCUT2D eigenvalue weighted by Crippen LogP contribution is 2.46. The summed E-state index contributed by atoms with van der Waals surface area (Å²) in [5.41, 5.74) is 4.12. The molecular formula is C28H34N2O3S. The van der Waals surface area contributed by atoms with Crippen molar-refractivity contribution in [3.8, 4) is 11.5 Å². The number of carbonyl (C=O) groups is 1. The fourth-order valence-electron chi connectivity index (χ4n) is 4.70. The lowest BCUT2D eigenvalue weighted by molar-refractivity contribution is 0.102. The minimum absolute atomic E-state index is 0.0237. The summed E-state index contributed by atoms with van der Waals surface area (Å²) in [6.07, 6.45) is 2.31. The molecule has 0 radical (unpaired) electrons. The van der Waals surface area contributed by atoms with Gasteiger partial charge in [-0.25, -0.2) is 0 Å². The number of carbonyl (C=O) groups excluding carboxylic acids is 1. The molecule has 0 unspecified atom stereocenters. The van der Waals surface area contributed by atoms with Gasteiger partial charge in [0.05, 0.1) is 20.3 Å². The van der Waals surface area contributed by atoms with Crippen LogP contribution in [0.15, 0.2) is 48.5 Å². The lowest BCUT2D eigenvalue weighted by atomic mass is 9.90. The summed E-state index contributed by atoms with van der Waals surface area (Å²) in [5, 5.41) is 4.14. The molecule has 4 rings (SSSR count). The predicted molar refractivity (Wildman–Crippen MR) is 140 cm³/mol. The number of hydrogen-bond acceptors (Lipinski definition) is 5. The zero-order chi connectivity index (χ0) is 24.2. The van der Waals surface area contributed by atoms with Crippen molar-refractivity contribution in [2.75, 3.05) is 32.6 Å². The van der Waals surface area contributed by atoms with Gasteiger partial charge in [-0.1, -0.05) is 25.1 Å². The van der Waals surface area contributed by atoms with E-state index in [2.05, 4.69) is 37.1 Å². The van der Waals surface area contributed by atoms with Crippen LogP contribution in [0.25, 0.3) is 0 Å². The van der Waals surface area contributed by atoms with Gasteiger partial charge in [-0.05, 0) is 75.5 Å². The summed E-state index contributed by atoms with van der Waals surface area (Å²) in [6, 6.07) is 15.4. The zero-order valence-corrected chi connectivity index (χ0v) is 21.5. The number of piperidine rings is 1. The van der Waals surface area contributed by atoms with Crippen LogP contribution in [0.1, 0.15) is 57.7 Å². The van der Waals surface area contributed by atoms with Crippen LogP contribution in [0.2, 0.25) is 0 Å². The Hall–Kier alpha value is -2.83. The Bertz CT molecular complexity index is 1130. The van der Waals surface area contributed by atoms with Crippen LogP contribution < -0.4 is 14.8 Å². The number of methoxy groups -OCH3 is 2. The van der Waals surface area contributed by atoms with E-state index in [0.717, 1.165) is 59.5 Å². The van der Waals surface area contributed by atoms with E-state index in [9.17, 15) is 4.79 Å². The van der Waals surface area contributed by atoms with Crippen LogP contribution in [-0.2, 0) is 0 Å². The number of thiophene rings is 1. The van der Waals surface area contributed by atoms with E-state index in [1.807, 2.05) is 42.5 Å². The second kappa shape index (κ2) is 10.6. The smallest absolute Gasteiger partial charge is 0.256 e. The molecule has 34 heavy (non-hydrogen) atoms. The number of hydrogen-bond donors (Lipinski definition) is 1. The molecule has 2 heterocycles. The number of benzene rings is 2. The number of anilines is 1. The fraction of sp³-hybridized carbons (Fsp3) is 0.393. The maximum absolute atomic E-state index is 13.1. The first kappa shape index (κ1) is 24.3. The molecule has 0 spiro atoms. The molecule has 1 saturated heterocycles. The Kier molecular flexibility index (Phi) is 7.59. The number of ether oxygens (including phenoxy) is 2. The summed E-state index contributed by atoms with van der Waals surface area (Å²) in [4.78, 5) is 16.9. The molecule has 1 atom stereocenters. The second-order valence-corrected chi connectivity index (χ2v) is 10.3. The average Bonchev–Trinajstić information content (AvgIpc) is 3.13. The van der Waals surface area contributed by atoms with Crippen molar-refractivity contribution < 1.29 is 14.3 Å². The Morgan fingerprint density at radius 1 is 1.06 bits per heavy atom. The number of rotatable bonds is 7. The highest BCUT2D eigenvalue weighted by atomic mass is 32.1. The molecule has 1 aliphatic heterocycles. The van der Waals surface area contributed by atoms with E-state index >= 15 is 0 Å². The summed E-state index contributed by atoms with van der Waals surface area (Å²) in [7, 11) is 3.37. The van der Waals surface area contributed by atoms with Gasteiger partial charge in [0, 0.05) is 27.6 Å². The van der Waals surface area contributed by atoms with Crippen molar-refractivity contribution in [1.82, 2.24) is 4.90 Å². The molecule has 1 N–H and O–H groups in total. The second-order valence-electron chi connectivity index (χ2n) is 9.08. The molecule has 3 aromatic rings. The highest BCUT2D eigenvalue weighted by Gasteiger charge is 2.33. The van der Waals surface area contributed by atoms with E-state index in [4.69, 9.17) is 9.47 Å². The van der Waals surface area contributed by atoms with Crippen molar-refractivity contribution in [3.63, 3.8) is 0 Å². The summed E-state index contributed by atoms with van der Waals surface area (Å²) in [5.74, 6) is 2.20. The predicted octanol–water partition coefficient (Wildman–Crippen LogP) is 6.46. The first-order valence-electron chi connectivity index (χ1n) is 11.8.